The molecular formula is C23H25N3. The molecule has 0 aliphatic carbocycles. The average molecular weight is 343 g/mol. The van der Waals surface area contributed by atoms with Gasteiger partial charge in [-0.2, -0.15) is 0 Å². The van der Waals surface area contributed by atoms with E-state index in [1.54, 1.807) is 0 Å². The summed E-state index contributed by atoms with van der Waals surface area (Å²) in [5.74, 6) is 0.988. The van der Waals surface area contributed by atoms with Crippen LogP contribution in [0.4, 0.5) is 5.69 Å². The molecule has 3 aromatic rings. The van der Waals surface area contributed by atoms with Gasteiger partial charge in [-0.15, -0.1) is 0 Å². The van der Waals surface area contributed by atoms with E-state index in [-0.39, 0.29) is 5.41 Å². The summed E-state index contributed by atoms with van der Waals surface area (Å²) in [7, 11) is 0. The second-order valence-electron chi connectivity index (χ2n) is 7.88. The Morgan fingerprint density at radius 1 is 1.08 bits per heavy atom. The third-order valence-corrected chi connectivity index (χ3v) is 4.72. The summed E-state index contributed by atoms with van der Waals surface area (Å²) in [6.07, 6.45) is 4.58. The van der Waals surface area contributed by atoms with Crippen molar-refractivity contribution in [2.45, 2.75) is 46.5 Å². The van der Waals surface area contributed by atoms with Crippen LogP contribution in [0.2, 0.25) is 0 Å². The van der Waals surface area contributed by atoms with E-state index in [2.05, 4.69) is 67.2 Å². The van der Waals surface area contributed by atoms with Crippen LogP contribution in [-0.2, 0) is 11.8 Å². The van der Waals surface area contributed by atoms with Crippen LogP contribution < -0.4 is 0 Å². The van der Waals surface area contributed by atoms with Gasteiger partial charge in [-0.3, -0.25) is 0 Å². The molecule has 0 bridgehead atoms. The number of aromatic nitrogens is 2. The van der Waals surface area contributed by atoms with Gasteiger partial charge in [-0.25, -0.2) is 9.83 Å². The van der Waals surface area contributed by atoms with Crippen molar-refractivity contribution in [2.75, 3.05) is 0 Å². The van der Waals surface area contributed by atoms with Crippen molar-refractivity contribution in [3.63, 3.8) is 0 Å². The van der Waals surface area contributed by atoms with Crippen molar-refractivity contribution in [3.05, 3.63) is 88.3 Å². The molecule has 1 heterocycles. The number of hydrogen-bond donors (Lipinski definition) is 0. The minimum atomic E-state index is 0.131. The Kier molecular flexibility index (Phi) is 4.70. The highest BCUT2D eigenvalue weighted by Crippen LogP contribution is 2.29. The monoisotopic (exact) mass is 343 g/mol. The number of hydrogen-bond acceptors (Lipinski definition) is 1. The number of imidazole rings is 1. The first kappa shape index (κ1) is 17.9. The normalized spacial score (nSPS) is 11.4. The van der Waals surface area contributed by atoms with Crippen LogP contribution >= 0.6 is 0 Å². The molecule has 0 aliphatic rings. The van der Waals surface area contributed by atoms with E-state index < -0.39 is 0 Å². The number of aryl methyl sites for hydroxylation is 2. The molecule has 0 saturated heterocycles. The smallest absolute Gasteiger partial charge is 0.187 e. The van der Waals surface area contributed by atoms with Gasteiger partial charge in [0.2, 0.25) is 0 Å². The van der Waals surface area contributed by atoms with E-state index in [4.69, 9.17) is 6.57 Å². The zero-order valence-corrected chi connectivity index (χ0v) is 16.2. The molecule has 0 amide bonds. The van der Waals surface area contributed by atoms with Crippen LogP contribution in [0.25, 0.3) is 10.5 Å². The Morgan fingerprint density at radius 2 is 1.77 bits per heavy atom. The number of rotatable bonds is 3. The first-order chi connectivity index (χ1) is 12.3. The Labute approximate surface area is 156 Å². The summed E-state index contributed by atoms with van der Waals surface area (Å²) < 4.78 is 2.18. The SMILES string of the molecule is [C-]#[N+]c1cccc(Cc2nccn2-c2c(C)cc(C(C)(C)C)cc2C)c1. The molecule has 0 radical (unpaired) electrons. The van der Waals surface area contributed by atoms with Crippen LogP contribution in [0.15, 0.2) is 48.8 Å². The Morgan fingerprint density at radius 3 is 2.38 bits per heavy atom. The molecule has 3 nitrogen and oxygen atoms in total. The van der Waals surface area contributed by atoms with E-state index in [0.29, 0.717) is 12.1 Å². The minimum absolute atomic E-state index is 0.131. The van der Waals surface area contributed by atoms with Gasteiger partial charge >= 0.3 is 0 Å². The molecule has 3 rings (SSSR count). The largest absolute Gasteiger partial charge is 0.303 e. The number of benzene rings is 2. The summed E-state index contributed by atoms with van der Waals surface area (Å²) in [5.41, 5.74) is 6.96. The maximum Gasteiger partial charge on any atom is 0.187 e. The standard InChI is InChI=1S/C23H25N3/c1-16-12-19(23(3,4)5)13-17(2)22(16)26-11-10-25-21(26)15-18-8-7-9-20(14-18)24-6/h7-14H,15H2,1-5H3. The van der Waals surface area contributed by atoms with Crippen LogP contribution in [0, 0.1) is 20.4 Å². The van der Waals surface area contributed by atoms with Gasteiger partial charge in [-0.1, -0.05) is 62.7 Å². The topological polar surface area (TPSA) is 22.2 Å². The summed E-state index contributed by atoms with van der Waals surface area (Å²) in [5, 5.41) is 0. The van der Waals surface area contributed by atoms with Crippen LogP contribution in [0.5, 0.6) is 0 Å². The van der Waals surface area contributed by atoms with Gasteiger partial charge in [0.25, 0.3) is 0 Å². The molecule has 1 aromatic heterocycles. The molecule has 132 valence electrons. The van der Waals surface area contributed by atoms with Gasteiger partial charge < -0.3 is 4.57 Å². The minimum Gasteiger partial charge on any atom is -0.303 e. The molecule has 0 unspecified atom stereocenters. The maximum atomic E-state index is 7.20. The molecule has 0 N–H and O–H groups in total. The fourth-order valence-corrected chi connectivity index (χ4v) is 3.36. The molecule has 0 saturated carbocycles. The molecule has 0 atom stereocenters. The average Bonchev–Trinajstić information content (AvgIpc) is 3.01. The van der Waals surface area contributed by atoms with E-state index in [9.17, 15) is 0 Å². The predicted octanol–water partition coefficient (Wildman–Crippen LogP) is 5.93. The Balaban J connectivity index is 2.02. The lowest BCUT2D eigenvalue weighted by atomic mass is 9.84. The molecule has 26 heavy (non-hydrogen) atoms. The van der Waals surface area contributed by atoms with Gasteiger partial charge in [0.15, 0.2) is 5.69 Å². The van der Waals surface area contributed by atoms with Gasteiger partial charge in [0.1, 0.15) is 5.82 Å². The van der Waals surface area contributed by atoms with Crippen LogP contribution in [0.3, 0.4) is 0 Å². The molecule has 2 aromatic carbocycles. The third-order valence-electron chi connectivity index (χ3n) is 4.72. The van der Waals surface area contributed by atoms with E-state index in [1.807, 2.05) is 30.6 Å². The maximum absolute atomic E-state index is 7.20. The zero-order chi connectivity index (χ0) is 18.9. The lowest BCUT2D eigenvalue weighted by Crippen LogP contribution is -2.13. The highest BCUT2D eigenvalue weighted by Gasteiger charge is 2.18. The summed E-state index contributed by atoms with van der Waals surface area (Å²) in [6.45, 7) is 18.3. The fourth-order valence-electron chi connectivity index (χ4n) is 3.36. The third kappa shape index (κ3) is 3.55. The molecule has 0 spiro atoms. The van der Waals surface area contributed by atoms with Crippen molar-refractivity contribution in [1.29, 1.82) is 0 Å². The Hall–Kier alpha value is -2.86. The molecule has 0 aliphatic heterocycles. The fraction of sp³-hybridized carbons (Fsp3) is 0.304. The second kappa shape index (κ2) is 6.80. The highest BCUT2D eigenvalue weighted by molar-refractivity contribution is 5.52. The molecule has 0 fully saturated rings. The zero-order valence-electron chi connectivity index (χ0n) is 16.2. The first-order valence-corrected chi connectivity index (χ1v) is 8.90. The lowest BCUT2D eigenvalue weighted by molar-refractivity contribution is 0.589. The first-order valence-electron chi connectivity index (χ1n) is 8.90. The van der Waals surface area contributed by atoms with E-state index in [1.165, 1.54) is 22.4 Å². The Bertz CT molecular complexity index is 958. The second-order valence-corrected chi connectivity index (χ2v) is 7.88. The van der Waals surface area contributed by atoms with E-state index >= 15 is 0 Å². The summed E-state index contributed by atoms with van der Waals surface area (Å²) >= 11 is 0. The van der Waals surface area contributed by atoms with E-state index in [0.717, 1.165) is 11.4 Å². The van der Waals surface area contributed by atoms with Gasteiger partial charge in [0.05, 0.1) is 12.3 Å². The summed E-state index contributed by atoms with van der Waals surface area (Å²) in [6, 6.07) is 12.3. The quantitative estimate of drug-likeness (QED) is 0.540. The lowest BCUT2D eigenvalue weighted by Gasteiger charge is -2.23. The molecular weight excluding hydrogens is 318 g/mol. The van der Waals surface area contributed by atoms with Crippen molar-refractivity contribution in [1.82, 2.24) is 9.55 Å². The predicted molar refractivity (Wildman–Crippen MR) is 107 cm³/mol. The molecule has 3 heteroatoms. The van der Waals surface area contributed by atoms with Crippen molar-refractivity contribution >= 4 is 5.69 Å². The van der Waals surface area contributed by atoms with Crippen LogP contribution in [0.1, 0.15) is 48.8 Å². The number of nitrogens with zero attached hydrogens (tertiary/aromatic N) is 3. The van der Waals surface area contributed by atoms with Crippen LogP contribution in [-0.4, -0.2) is 9.55 Å². The van der Waals surface area contributed by atoms with Gasteiger partial charge in [-0.05, 0) is 36.0 Å². The van der Waals surface area contributed by atoms with Crippen molar-refractivity contribution in [2.24, 2.45) is 0 Å². The van der Waals surface area contributed by atoms with Crippen molar-refractivity contribution < 1.29 is 0 Å². The van der Waals surface area contributed by atoms with Crippen molar-refractivity contribution in [3.8, 4) is 5.69 Å². The highest BCUT2D eigenvalue weighted by atomic mass is 15.1. The van der Waals surface area contributed by atoms with Gasteiger partial charge in [0, 0.05) is 18.8 Å². The summed E-state index contributed by atoms with van der Waals surface area (Å²) in [4.78, 5) is 8.11.